The minimum absolute atomic E-state index is 0.109. The number of ether oxygens (including phenoxy) is 2. The van der Waals surface area contributed by atoms with Gasteiger partial charge < -0.3 is 19.6 Å². The Hall–Kier alpha value is -2.94. The summed E-state index contributed by atoms with van der Waals surface area (Å²) in [6.45, 7) is 0.323. The first-order chi connectivity index (χ1) is 15.9. The first kappa shape index (κ1) is 23.2. The number of rotatable bonds is 8. The average Bonchev–Trinajstić information content (AvgIpc) is 3.21. The van der Waals surface area contributed by atoms with E-state index in [1.54, 1.807) is 30.3 Å². The molecule has 0 amide bonds. The first-order valence-electron chi connectivity index (χ1n) is 9.75. The molecule has 0 fully saturated rings. The Morgan fingerprint density at radius 1 is 1.21 bits per heavy atom. The fourth-order valence-corrected chi connectivity index (χ4v) is 4.56. The number of halogens is 2. The zero-order valence-electron chi connectivity index (χ0n) is 17.3. The Morgan fingerprint density at radius 2 is 1.97 bits per heavy atom. The maximum atomic E-state index is 11.9. The molecule has 1 aromatic heterocycles. The van der Waals surface area contributed by atoms with Gasteiger partial charge in [0, 0.05) is 5.02 Å². The number of H-pyrrole nitrogens is 1. The van der Waals surface area contributed by atoms with Crippen LogP contribution >= 0.6 is 39.3 Å². The van der Waals surface area contributed by atoms with E-state index < -0.39 is 5.97 Å². The lowest BCUT2D eigenvalue weighted by atomic mass is 10.2. The second kappa shape index (κ2) is 10.3. The maximum absolute atomic E-state index is 11.9. The van der Waals surface area contributed by atoms with Crippen molar-refractivity contribution < 1.29 is 19.4 Å². The molecule has 6 nitrogen and oxygen atoms in total. The number of aromatic amines is 1. The van der Waals surface area contributed by atoms with Gasteiger partial charge in [0.15, 0.2) is 16.7 Å². The highest BCUT2D eigenvalue weighted by Crippen LogP contribution is 2.38. The van der Waals surface area contributed by atoms with Gasteiger partial charge in [-0.3, -0.25) is 0 Å². The van der Waals surface area contributed by atoms with Gasteiger partial charge in [-0.2, -0.15) is 0 Å². The molecular formula is C24H18BrClN2O4S. The number of benzene rings is 3. The number of para-hydroxylation sites is 2. The van der Waals surface area contributed by atoms with E-state index in [4.69, 9.17) is 21.1 Å². The van der Waals surface area contributed by atoms with Crippen molar-refractivity contribution in [2.75, 3.05) is 7.11 Å². The summed E-state index contributed by atoms with van der Waals surface area (Å²) >= 11 is 10.5. The number of methoxy groups -OCH3 is 1. The molecule has 33 heavy (non-hydrogen) atoms. The summed E-state index contributed by atoms with van der Waals surface area (Å²) in [5.74, 6) is -0.0620. The zero-order valence-corrected chi connectivity index (χ0v) is 20.5. The quantitative estimate of drug-likeness (QED) is 0.187. The lowest BCUT2D eigenvalue weighted by Gasteiger charge is -2.14. The number of hydrogen-bond acceptors (Lipinski definition) is 5. The van der Waals surface area contributed by atoms with E-state index >= 15 is 0 Å². The van der Waals surface area contributed by atoms with E-state index in [1.807, 2.05) is 36.4 Å². The van der Waals surface area contributed by atoms with Gasteiger partial charge in [-0.1, -0.05) is 35.9 Å². The fraction of sp³-hybridized carbons (Fsp3) is 0.0833. The molecule has 0 aliphatic rings. The predicted octanol–water partition coefficient (Wildman–Crippen LogP) is 6.78. The van der Waals surface area contributed by atoms with Crippen LogP contribution in [0.15, 0.2) is 75.2 Å². The lowest BCUT2D eigenvalue weighted by molar-refractivity contribution is -0.131. The van der Waals surface area contributed by atoms with E-state index in [-0.39, 0.29) is 4.91 Å². The zero-order chi connectivity index (χ0) is 23.4. The van der Waals surface area contributed by atoms with Crippen molar-refractivity contribution in [3.8, 4) is 11.5 Å². The van der Waals surface area contributed by atoms with E-state index in [0.717, 1.165) is 28.4 Å². The SMILES string of the molecule is COc1cc(/C=C(\Sc2nc3ccccc3[nH]2)C(=O)O)cc(Br)c1OCc1ccc(Cl)cc1. The first-order valence-corrected chi connectivity index (χ1v) is 11.7. The molecule has 0 bridgehead atoms. The number of hydrogen-bond donors (Lipinski definition) is 2. The summed E-state index contributed by atoms with van der Waals surface area (Å²) in [4.78, 5) is 19.6. The van der Waals surface area contributed by atoms with Crippen LogP contribution < -0.4 is 9.47 Å². The topological polar surface area (TPSA) is 84.4 Å². The summed E-state index contributed by atoms with van der Waals surface area (Å²) in [6.07, 6.45) is 1.57. The molecule has 4 rings (SSSR count). The molecule has 9 heteroatoms. The smallest absolute Gasteiger partial charge is 0.342 e. The highest BCUT2D eigenvalue weighted by molar-refractivity contribution is 9.10. The third-order valence-electron chi connectivity index (χ3n) is 4.63. The van der Waals surface area contributed by atoms with Crippen LogP contribution in [0.2, 0.25) is 5.02 Å². The van der Waals surface area contributed by atoms with Gasteiger partial charge >= 0.3 is 5.97 Å². The number of nitrogens with one attached hydrogen (secondary N) is 1. The summed E-state index contributed by atoms with van der Waals surface area (Å²) in [6, 6.07) is 18.4. The highest BCUT2D eigenvalue weighted by atomic mass is 79.9. The number of carboxylic acid groups (broad SMARTS) is 1. The van der Waals surface area contributed by atoms with E-state index in [9.17, 15) is 9.90 Å². The number of carboxylic acids is 1. The normalized spacial score (nSPS) is 11.5. The highest BCUT2D eigenvalue weighted by Gasteiger charge is 2.16. The molecule has 0 saturated carbocycles. The molecule has 168 valence electrons. The number of aromatic nitrogens is 2. The van der Waals surface area contributed by atoms with E-state index in [0.29, 0.717) is 38.3 Å². The van der Waals surface area contributed by atoms with Gasteiger partial charge in [-0.25, -0.2) is 9.78 Å². The van der Waals surface area contributed by atoms with Crippen LogP contribution in [0, 0.1) is 0 Å². The molecule has 0 aliphatic heterocycles. The molecule has 0 aliphatic carbocycles. The predicted molar refractivity (Wildman–Crippen MR) is 134 cm³/mol. The lowest BCUT2D eigenvalue weighted by Crippen LogP contribution is -2.00. The number of carbonyl (C=O) groups is 1. The summed E-state index contributed by atoms with van der Waals surface area (Å²) in [7, 11) is 1.53. The molecule has 0 saturated heterocycles. The van der Waals surface area contributed by atoms with Crippen LogP contribution in [0.5, 0.6) is 11.5 Å². The molecule has 3 aromatic carbocycles. The van der Waals surface area contributed by atoms with Crippen LogP contribution in [0.3, 0.4) is 0 Å². The van der Waals surface area contributed by atoms with Crippen molar-refractivity contribution in [3.63, 3.8) is 0 Å². The third kappa shape index (κ3) is 5.71. The van der Waals surface area contributed by atoms with Gasteiger partial charge in [-0.05, 0) is 81.3 Å². The van der Waals surface area contributed by atoms with Crippen molar-refractivity contribution >= 4 is 62.4 Å². The number of imidazole rings is 1. The van der Waals surface area contributed by atoms with Crippen LogP contribution in [0.1, 0.15) is 11.1 Å². The monoisotopic (exact) mass is 544 g/mol. The summed E-state index contributed by atoms with van der Waals surface area (Å²) in [5.41, 5.74) is 3.21. The molecule has 0 radical (unpaired) electrons. The molecule has 0 unspecified atom stereocenters. The van der Waals surface area contributed by atoms with Gasteiger partial charge in [0.1, 0.15) is 11.5 Å². The Balaban J connectivity index is 1.58. The summed E-state index contributed by atoms with van der Waals surface area (Å²) in [5, 5.41) is 10.9. The number of fused-ring (bicyclic) bond motifs is 1. The van der Waals surface area contributed by atoms with Crippen LogP contribution in [-0.4, -0.2) is 28.2 Å². The van der Waals surface area contributed by atoms with Crippen molar-refractivity contribution in [2.45, 2.75) is 11.8 Å². The second-order valence-corrected chi connectivity index (χ2v) is 9.25. The van der Waals surface area contributed by atoms with E-state index in [1.165, 1.54) is 7.11 Å². The Bertz CT molecular complexity index is 1310. The standard InChI is InChI=1S/C24H18BrClN2O4S/c1-31-20-11-15(10-17(25)22(20)32-13-14-6-8-16(26)9-7-14)12-21(23(29)30)33-24-27-18-4-2-3-5-19(18)28-24/h2-12H,13H2,1H3,(H,27,28)(H,29,30)/b21-12-. The van der Waals surface area contributed by atoms with Crippen LogP contribution in [-0.2, 0) is 11.4 Å². The third-order valence-corrected chi connectivity index (χ3v) is 6.37. The Labute approximate surface area is 207 Å². The molecule has 1 heterocycles. The minimum Gasteiger partial charge on any atom is -0.493 e. The largest absolute Gasteiger partial charge is 0.493 e. The molecular weight excluding hydrogens is 528 g/mol. The van der Waals surface area contributed by atoms with Crippen molar-refractivity contribution in [2.24, 2.45) is 0 Å². The summed E-state index contributed by atoms with van der Waals surface area (Å²) < 4.78 is 12.1. The van der Waals surface area contributed by atoms with Gasteiger partial charge in [0.2, 0.25) is 0 Å². The minimum atomic E-state index is -1.06. The molecule has 0 spiro atoms. The average molecular weight is 546 g/mol. The molecule has 4 aromatic rings. The van der Waals surface area contributed by atoms with Crippen molar-refractivity contribution in [1.82, 2.24) is 9.97 Å². The molecule has 0 atom stereocenters. The number of thioether (sulfide) groups is 1. The van der Waals surface area contributed by atoms with Gasteiger partial charge in [0.25, 0.3) is 0 Å². The van der Waals surface area contributed by atoms with Crippen molar-refractivity contribution in [1.29, 1.82) is 0 Å². The Kier molecular flexibility index (Phi) is 7.27. The maximum Gasteiger partial charge on any atom is 0.342 e. The Morgan fingerprint density at radius 3 is 2.67 bits per heavy atom. The van der Waals surface area contributed by atoms with Crippen LogP contribution in [0.25, 0.3) is 17.1 Å². The molecule has 2 N–H and O–H groups in total. The fourth-order valence-electron chi connectivity index (χ4n) is 3.07. The van der Waals surface area contributed by atoms with E-state index in [2.05, 4.69) is 25.9 Å². The second-order valence-electron chi connectivity index (χ2n) is 6.92. The van der Waals surface area contributed by atoms with Crippen LogP contribution in [0.4, 0.5) is 0 Å². The van der Waals surface area contributed by atoms with Gasteiger partial charge in [0.05, 0.1) is 22.6 Å². The van der Waals surface area contributed by atoms with Gasteiger partial charge in [-0.15, -0.1) is 0 Å². The number of nitrogens with zero attached hydrogens (tertiary/aromatic N) is 1. The van der Waals surface area contributed by atoms with Crippen molar-refractivity contribution in [3.05, 3.63) is 86.2 Å². The number of aliphatic carboxylic acids is 1.